The summed E-state index contributed by atoms with van der Waals surface area (Å²) in [5.41, 5.74) is 4.61. The second-order valence-corrected chi connectivity index (χ2v) is 5.63. The maximum absolute atomic E-state index is 12.9. The number of rotatable bonds is 1. The van der Waals surface area contributed by atoms with Crippen LogP contribution >= 0.6 is 0 Å². The number of fused-ring (bicyclic) bond motifs is 3. The molecule has 116 valence electrons. The van der Waals surface area contributed by atoms with Crippen LogP contribution in [0.25, 0.3) is 11.1 Å². The Bertz CT molecular complexity index is 808. The van der Waals surface area contributed by atoms with Gasteiger partial charge in [0.15, 0.2) is 0 Å². The average Bonchev–Trinajstić information content (AvgIpc) is 2.95. The molecular formula is C18H16N2O3. The molecule has 0 saturated carbocycles. The van der Waals surface area contributed by atoms with Crippen molar-refractivity contribution in [1.29, 1.82) is 0 Å². The highest BCUT2D eigenvalue weighted by Crippen LogP contribution is 2.39. The van der Waals surface area contributed by atoms with Gasteiger partial charge in [0.05, 0.1) is 13.2 Å². The zero-order valence-corrected chi connectivity index (χ0v) is 12.5. The average molecular weight is 308 g/mol. The van der Waals surface area contributed by atoms with Gasteiger partial charge in [-0.3, -0.25) is 4.79 Å². The molecule has 5 heteroatoms. The molecule has 0 atom stereocenters. The third-order valence-corrected chi connectivity index (χ3v) is 4.40. The Morgan fingerprint density at radius 3 is 2.43 bits per heavy atom. The molecule has 0 unspecified atom stereocenters. The number of hydrogen-bond donors (Lipinski definition) is 1. The van der Waals surface area contributed by atoms with Crippen LogP contribution in [0, 0.1) is 0 Å². The van der Waals surface area contributed by atoms with Gasteiger partial charge in [0, 0.05) is 35.3 Å². The number of ether oxygens (including phenoxy) is 1. The summed E-state index contributed by atoms with van der Waals surface area (Å²) in [5, 5.41) is 12.9. The molecule has 0 radical (unpaired) electrons. The number of oxime groups is 1. The van der Waals surface area contributed by atoms with Crippen molar-refractivity contribution in [3.8, 4) is 11.1 Å². The molecule has 1 heterocycles. The van der Waals surface area contributed by atoms with Gasteiger partial charge in [-0.2, -0.15) is 0 Å². The van der Waals surface area contributed by atoms with Crippen LogP contribution in [0.5, 0.6) is 0 Å². The lowest BCUT2D eigenvalue weighted by molar-refractivity contribution is 0.0303. The molecule has 1 amide bonds. The van der Waals surface area contributed by atoms with Gasteiger partial charge in [0.1, 0.15) is 5.71 Å². The van der Waals surface area contributed by atoms with Crippen molar-refractivity contribution in [1.82, 2.24) is 4.90 Å². The molecule has 1 saturated heterocycles. The lowest BCUT2D eigenvalue weighted by Crippen LogP contribution is -2.40. The fourth-order valence-electron chi connectivity index (χ4n) is 3.32. The number of nitrogens with zero attached hydrogens (tertiary/aromatic N) is 2. The van der Waals surface area contributed by atoms with Crippen LogP contribution in [0.2, 0.25) is 0 Å². The molecule has 2 aromatic rings. The first-order valence-corrected chi connectivity index (χ1v) is 7.63. The van der Waals surface area contributed by atoms with Crippen molar-refractivity contribution in [2.24, 2.45) is 5.16 Å². The lowest BCUT2D eigenvalue weighted by atomic mass is 9.98. The third-order valence-electron chi connectivity index (χ3n) is 4.40. The summed E-state index contributed by atoms with van der Waals surface area (Å²) in [5.74, 6) is -0.000794. The molecule has 5 nitrogen and oxygen atoms in total. The Balaban J connectivity index is 1.87. The van der Waals surface area contributed by atoms with E-state index < -0.39 is 0 Å². The maximum atomic E-state index is 12.9. The Labute approximate surface area is 133 Å². The summed E-state index contributed by atoms with van der Waals surface area (Å²) in [6.45, 7) is 2.34. The molecule has 1 aliphatic carbocycles. The number of amides is 1. The third kappa shape index (κ3) is 2.12. The Morgan fingerprint density at radius 2 is 1.70 bits per heavy atom. The van der Waals surface area contributed by atoms with Gasteiger partial charge in [-0.05, 0) is 11.6 Å². The van der Waals surface area contributed by atoms with Crippen molar-refractivity contribution in [3.05, 3.63) is 59.2 Å². The van der Waals surface area contributed by atoms with E-state index in [2.05, 4.69) is 5.16 Å². The molecule has 4 rings (SSSR count). The number of carbonyl (C=O) groups excluding carboxylic acids is 1. The van der Waals surface area contributed by atoms with E-state index >= 15 is 0 Å². The molecule has 2 aromatic carbocycles. The second kappa shape index (κ2) is 5.52. The predicted octanol–water partition coefficient (Wildman–Crippen LogP) is 2.37. The van der Waals surface area contributed by atoms with Crippen LogP contribution in [0.15, 0.2) is 47.6 Å². The maximum Gasteiger partial charge on any atom is 0.254 e. The highest BCUT2D eigenvalue weighted by atomic mass is 16.5. The standard InChI is InChI=1S/C18H16N2O3/c21-18(20-8-10-23-11-9-20)15-7-3-6-14-16(15)12-4-1-2-5-13(12)17(14)19-22/h1-7,22H,8-11H2/b19-17+. The topological polar surface area (TPSA) is 62.1 Å². The smallest absolute Gasteiger partial charge is 0.254 e. The minimum absolute atomic E-state index is 0.000794. The molecule has 1 fully saturated rings. The molecule has 23 heavy (non-hydrogen) atoms. The molecule has 0 aromatic heterocycles. The second-order valence-electron chi connectivity index (χ2n) is 5.63. The molecular weight excluding hydrogens is 292 g/mol. The van der Waals surface area contributed by atoms with Crippen LogP contribution in [-0.4, -0.2) is 48.0 Å². The van der Waals surface area contributed by atoms with Crippen molar-refractivity contribution in [2.75, 3.05) is 26.3 Å². The van der Waals surface area contributed by atoms with E-state index in [0.717, 1.165) is 22.3 Å². The van der Waals surface area contributed by atoms with Gasteiger partial charge >= 0.3 is 0 Å². The van der Waals surface area contributed by atoms with Gasteiger partial charge < -0.3 is 14.8 Å². The highest BCUT2D eigenvalue weighted by molar-refractivity contribution is 6.26. The summed E-state index contributed by atoms with van der Waals surface area (Å²) in [4.78, 5) is 14.7. The first-order chi connectivity index (χ1) is 11.3. The van der Waals surface area contributed by atoms with Gasteiger partial charge in [-0.25, -0.2) is 0 Å². The highest BCUT2D eigenvalue weighted by Gasteiger charge is 2.31. The molecule has 0 bridgehead atoms. The normalized spacial score (nSPS) is 17.9. The first-order valence-electron chi connectivity index (χ1n) is 7.63. The van der Waals surface area contributed by atoms with Crippen molar-refractivity contribution < 1.29 is 14.7 Å². The minimum Gasteiger partial charge on any atom is -0.410 e. The fraction of sp³-hybridized carbons (Fsp3) is 0.222. The summed E-state index contributed by atoms with van der Waals surface area (Å²) in [6, 6.07) is 13.3. The van der Waals surface area contributed by atoms with E-state index in [0.29, 0.717) is 37.6 Å². The van der Waals surface area contributed by atoms with Crippen molar-refractivity contribution in [3.63, 3.8) is 0 Å². The molecule has 1 N–H and O–H groups in total. The zero-order valence-electron chi connectivity index (χ0n) is 12.5. The van der Waals surface area contributed by atoms with Gasteiger partial charge in [0.2, 0.25) is 0 Å². The quantitative estimate of drug-likeness (QED) is 0.554. The summed E-state index contributed by atoms with van der Waals surface area (Å²) in [7, 11) is 0. The zero-order chi connectivity index (χ0) is 15.8. The van der Waals surface area contributed by atoms with Gasteiger partial charge in [-0.15, -0.1) is 0 Å². The van der Waals surface area contributed by atoms with E-state index in [1.54, 1.807) is 0 Å². The van der Waals surface area contributed by atoms with Crippen molar-refractivity contribution >= 4 is 11.6 Å². The Kier molecular flexibility index (Phi) is 3.35. The fourth-order valence-corrected chi connectivity index (χ4v) is 3.32. The summed E-state index contributed by atoms with van der Waals surface area (Å²) < 4.78 is 5.32. The summed E-state index contributed by atoms with van der Waals surface area (Å²) in [6.07, 6.45) is 0. The van der Waals surface area contributed by atoms with E-state index in [1.807, 2.05) is 47.4 Å². The Morgan fingerprint density at radius 1 is 1.00 bits per heavy atom. The first kappa shape index (κ1) is 14.0. The van der Waals surface area contributed by atoms with Crippen LogP contribution in [0.3, 0.4) is 0 Å². The number of morpholine rings is 1. The minimum atomic E-state index is -0.000794. The summed E-state index contributed by atoms with van der Waals surface area (Å²) >= 11 is 0. The number of benzene rings is 2. The molecule has 1 aliphatic heterocycles. The Hall–Kier alpha value is -2.66. The largest absolute Gasteiger partial charge is 0.410 e. The number of hydrogen-bond acceptors (Lipinski definition) is 4. The predicted molar refractivity (Wildman–Crippen MR) is 86.0 cm³/mol. The van der Waals surface area contributed by atoms with Crippen LogP contribution in [0.1, 0.15) is 21.5 Å². The van der Waals surface area contributed by atoms with E-state index in [9.17, 15) is 10.0 Å². The van der Waals surface area contributed by atoms with Crippen LogP contribution < -0.4 is 0 Å². The van der Waals surface area contributed by atoms with Crippen molar-refractivity contribution in [2.45, 2.75) is 0 Å². The van der Waals surface area contributed by atoms with E-state index in [4.69, 9.17) is 4.74 Å². The molecule has 2 aliphatic rings. The van der Waals surface area contributed by atoms with Gasteiger partial charge in [0.25, 0.3) is 5.91 Å². The lowest BCUT2D eigenvalue weighted by Gasteiger charge is -2.27. The van der Waals surface area contributed by atoms with E-state index in [-0.39, 0.29) is 5.91 Å². The van der Waals surface area contributed by atoms with Crippen LogP contribution in [0.4, 0.5) is 0 Å². The monoisotopic (exact) mass is 308 g/mol. The number of carbonyl (C=O) groups is 1. The molecule has 0 spiro atoms. The SMILES string of the molecule is O=C(c1cccc2c1-c1ccccc1/C2=N\O)N1CCOCC1. The van der Waals surface area contributed by atoms with Crippen LogP contribution in [-0.2, 0) is 4.74 Å². The van der Waals surface area contributed by atoms with Gasteiger partial charge in [-0.1, -0.05) is 41.6 Å². The van der Waals surface area contributed by atoms with E-state index in [1.165, 1.54) is 0 Å².